The van der Waals surface area contributed by atoms with Gasteiger partial charge in [-0.25, -0.2) is 0 Å². The van der Waals surface area contributed by atoms with E-state index < -0.39 is 35.9 Å². The van der Waals surface area contributed by atoms with Crippen molar-refractivity contribution < 1.29 is 25.2 Å². The van der Waals surface area contributed by atoms with Crippen molar-refractivity contribution in [1.29, 1.82) is 0 Å². The molecule has 0 aliphatic heterocycles. The van der Waals surface area contributed by atoms with E-state index in [4.69, 9.17) is 0 Å². The van der Waals surface area contributed by atoms with E-state index in [1.165, 1.54) is 12.1 Å². The van der Waals surface area contributed by atoms with Crippen LogP contribution in [0, 0.1) is 18.8 Å². The lowest BCUT2D eigenvalue weighted by Gasteiger charge is -2.40. The normalized spacial score (nSPS) is 35.6. The Hall–Kier alpha value is -1.69. The Bertz CT molecular complexity index is 607. The number of aryl methyl sites for hydroxylation is 1. The fourth-order valence-electron chi connectivity index (χ4n) is 3.22. The Kier molecular flexibility index (Phi) is 2.93. The fourth-order valence-corrected chi connectivity index (χ4v) is 3.22. The third-order valence-corrected chi connectivity index (χ3v) is 4.19. The maximum absolute atomic E-state index is 12.5. The molecule has 0 amide bonds. The average molecular weight is 276 g/mol. The number of benzene rings is 1. The molecule has 0 heterocycles. The van der Waals surface area contributed by atoms with Crippen LogP contribution in [0.15, 0.2) is 24.3 Å². The second kappa shape index (κ2) is 4.41. The molecule has 5 heteroatoms. The molecule has 1 aromatic rings. The molecule has 2 aliphatic carbocycles. The number of carbonyl (C=O) groups excluding carboxylic acids is 1. The maximum atomic E-state index is 12.5. The number of carbonyl (C=O) groups is 1. The van der Waals surface area contributed by atoms with Gasteiger partial charge in [-0.05, 0) is 24.1 Å². The van der Waals surface area contributed by atoms with Gasteiger partial charge in [-0.15, -0.1) is 0 Å². The summed E-state index contributed by atoms with van der Waals surface area (Å²) in [5.41, 5.74) is 1.17. The lowest BCUT2D eigenvalue weighted by Crippen LogP contribution is -2.48. The molecule has 1 aromatic carbocycles. The topological polar surface area (TPSA) is 98.0 Å². The lowest BCUT2D eigenvalue weighted by molar-refractivity contribution is -0.0337. The summed E-state index contributed by atoms with van der Waals surface area (Å²) in [6.07, 6.45) is -0.449. The molecule has 0 saturated heterocycles. The summed E-state index contributed by atoms with van der Waals surface area (Å²) in [4.78, 5) is 12.5. The van der Waals surface area contributed by atoms with Gasteiger partial charge in [0.1, 0.15) is 5.75 Å². The SMILES string of the molecule is Cc1cc(O)c2c(c1)[C@@H](O)[C@H]1C=C[C@H](O)[C@@H](O)[C@@H]1C2=O. The van der Waals surface area contributed by atoms with E-state index in [9.17, 15) is 25.2 Å². The Labute approximate surface area is 115 Å². The molecule has 0 saturated carbocycles. The Balaban J connectivity index is 2.19. The number of Topliss-reactive ketones (excluding diaryl/α,β-unsaturated/α-hetero) is 1. The van der Waals surface area contributed by atoms with Crippen LogP contribution in [-0.2, 0) is 0 Å². The summed E-state index contributed by atoms with van der Waals surface area (Å²) < 4.78 is 0. The fraction of sp³-hybridized carbons (Fsp3) is 0.400. The van der Waals surface area contributed by atoms with Crippen molar-refractivity contribution in [3.05, 3.63) is 41.0 Å². The monoisotopic (exact) mass is 276 g/mol. The first-order valence-electron chi connectivity index (χ1n) is 6.52. The van der Waals surface area contributed by atoms with Gasteiger partial charge < -0.3 is 20.4 Å². The molecule has 20 heavy (non-hydrogen) atoms. The Morgan fingerprint density at radius 3 is 2.50 bits per heavy atom. The van der Waals surface area contributed by atoms with Crippen LogP contribution in [0.5, 0.6) is 5.75 Å². The standard InChI is InChI=1S/C15H16O5/c1-6-4-8-11(10(17)5-6)15(20)12-7(13(8)18)2-3-9(16)14(12)19/h2-5,7,9,12-14,16-19H,1H3/t7-,9-,12+,13-,14+/m0/s1. The van der Waals surface area contributed by atoms with E-state index >= 15 is 0 Å². The molecule has 5 nitrogen and oxygen atoms in total. The molecule has 0 spiro atoms. The van der Waals surface area contributed by atoms with Crippen LogP contribution in [0.4, 0.5) is 0 Å². The van der Waals surface area contributed by atoms with Crippen LogP contribution in [0.2, 0.25) is 0 Å². The molecular formula is C15H16O5. The lowest BCUT2D eigenvalue weighted by atomic mass is 9.67. The highest BCUT2D eigenvalue weighted by molar-refractivity contribution is 6.03. The number of phenolic OH excluding ortho intramolecular Hbond substituents is 1. The minimum Gasteiger partial charge on any atom is -0.507 e. The number of ketones is 1. The van der Waals surface area contributed by atoms with E-state index in [1.54, 1.807) is 19.1 Å². The smallest absolute Gasteiger partial charge is 0.173 e. The van der Waals surface area contributed by atoms with Crippen molar-refractivity contribution in [3.8, 4) is 5.75 Å². The van der Waals surface area contributed by atoms with Crippen molar-refractivity contribution in [2.45, 2.75) is 25.2 Å². The van der Waals surface area contributed by atoms with Crippen molar-refractivity contribution >= 4 is 5.78 Å². The second-order valence-electron chi connectivity index (χ2n) is 5.53. The van der Waals surface area contributed by atoms with Crippen molar-refractivity contribution in [2.75, 3.05) is 0 Å². The van der Waals surface area contributed by atoms with Gasteiger partial charge in [0.05, 0.1) is 29.8 Å². The van der Waals surface area contributed by atoms with Crippen LogP contribution in [0.1, 0.15) is 27.6 Å². The third-order valence-electron chi connectivity index (χ3n) is 4.19. The predicted molar refractivity (Wildman–Crippen MR) is 70.3 cm³/mol. The summed E-state index contributed by atoms with van der Waals surface area (Å²) in [6.45, 7) is 1.76. The molecule has 2 aliphatic rings. The van der Waals surface area contributed by atoms with Crippen LogP contribution in [0.3, 0.4) is 0 Å². The highest BCUT2D eigenvalue weighted by Gasteiger charge is 2.48. The molecule has 0 aromatic heterocycles. The first-order valence-corrected chi connectivity index (χ1v) is 6.52. The number of phenols is 1. The maximum Gasteiger partial charge on any atom is 0.173 e. The number of aliphatic hydroxyl groups excluding tert-OH is 3. The van der Waals surface area contributed by atoms with E-state index in [0.29, 0.717) is 5.56 Å². The average Bonchev–Trinajstić information content (AvgIpc) is 2.38. The Morgan fingerprint density at radius 1 is 1.10 bits per heavy atom. The van der Waals surface area contributed by atoms with Gasteiger partial charge in [-0.3, -0.25) is 4.79 Å². The molecule has 0 radical (unpaired) electrons. The highest BCUT2D eigenvalue weighted by Crippen LogP contribution is 2.45. The van der Waals surface area contributed by atoms with Crippen LogP contribution >= 0.6 is 0 Å². The molecule has 5 atom stereocenters. The number of hydrogen-bond acceptors (Lipinski definition) is 5. The van der Waals surface area contributed by atoms with E-state index in [0.717, 1.165) is 5.56 Å². The molecule has 106 valence electrons. The third kappa shape index (κ3) is 1.71. The second-order valence-corrected chi connectivity index (χ2v) is 5.53. The van der Waals surface area contributed by atoms with Crippen molar-refractivity contribution in [3.63, 3.8) is 0 Å². The highest BCUT2D eigenvalue weighted by atomic mass is 16.3. The molecule has 0 fully saturated rings. The van der Waals surface area contributed by atoms with Crippen molar-refractivity contribution in [2.24, 2.45) is 11.8 Å². The molecule has 3 rings (SSSR count). The summed E-state index contributed by atoms with van der Waals surface area (Å²) in [5, 5.41) is 40.1. The zero-order valence-electron chi connectivity index (χ0n) is 10.9. The predicted octanol–water partition coefficient (Wildman–Crippen LogP) is 0.454. The number of aromatic hydroxyl groups is 1. The summed E-state index contributed by atoms with van der Waals surface area (Å²) in [6, 6.07) is 3.12. The zero-order valence-corrected chi connectivity index (χ0v) is 10.9. The minimum absolute atomic E-state index is 0.0471. The van der Waals surface area contributed by atoms with Gasteiger partial charge in [0, 0.05) is 5.92 Å². The molecule has 4 N–H and O–H groups in total. The van der Waals surface area contributed by atoms with Crippen LogP contribution < -0.4 is 0 Å². The van der Waals surface area contributed by atoms with Gasteiger partial charge in [-0.1, -0.05) is 18.2 Å². The minimum atomic E-state index is -1.28. The van der Waals surface area contributed by atoms with Crippen LogP contribution in [-0.4, -0.2) is 38.4 Å². The summed E-state index contributed by atoms with van der Waals surface area (Å²) in [5.74, 6) is -2.16. The van der Waals surface area contributed by atoms with Gasteiger partial charge in [-0.2, -0.15) is 0 Å². The van der Waals surface area contributed by atoms with E-state index in [1.807, 2.05) is 0 Å². The zero-order chi connectivity index (χ0) is 14.6. The number of hydrogen-bond donors (Lipinski definition) is 4. The molecule has 0 bridgehead atoms. The summed E-state index contributed by atoms with van der Waals surface area (Å²) >= 11 is 0. The van der Waals surface area contributed by atoms with Gasteiger partial charge in [0.25, 0.3) is 0 Å². The van der Waals surface area contributed by atoms with Gasteiger partial charge >= 0.3 is 0 Å². The van der Waals surface area contributed by atoms with Crippen LogP contribution in [0.25, 0.3) is 0 Å². The largest absolute Gasteiger partial charge is 0.507 e. The molecule has 0 unspecified atom stereocenters. The number of fused-ring (bicyclic) bond motifs is 2. The quantitative estimate of drug-likeness (QED) is 0.516. The van der Waals surface area contributed by atoms with E-state index in [2.05, 4.69) is 0 Å². The first-order chi connectivity index (χ1) is 9.41. The number of aliphatic hydroxyl groups is 3. The van der Waals surface area contributed by atoms with Gasteiger partial charge in [0.15, 0.2) is 5.78 Å². The van der Waals surface area contributed by atoms with E-state index in [-0.39, 0.29) is 11.3 Å². The van der Waals surface area contributed by atoms with Gasteiger partial charge in [0.2, 0.25) is 0 Å². The Morgan fingerprint density at radius 2 is 1.80 bits per heavy atom. The first kappa shape index (κ1) is 13.3. The summed E-state index contributed by atoms with van der Waals surface area (Å²) in [7, 11) is 0. The number of rotatable bonds is 0. The molecular weight excluding hydrogens is 260 g/mol. The van der Waals surface area contributed by atoms with Crippen molar-refractivity contribution in [1.82, 2.24) is 0 Å².